The number of fused-ring (bicyclic) bond motifs is 1. The summed E-state index contributed by atoms with van der Waals surface area (Å²) in [5.41, 5.74) is 6.32. The molecular formula is C26H19I2NO7. The molecule has 0 saturated heterocycles. The molecule has 0 unspecified atom stereocenters. The summed E-state index contributed by atoms with van der Waals surface area (Å²) >= 11 is 3.88. The lowest BCUT2D eigenvalue weighted by molar-refractivity contribution is -0.118. The summed E-state index contributed by atoms with van der Waals surface area (Å²) in [6, 6.07) is 14.1. The van der Waals surface area contributed by atoms with Gasteiger partial charge in [-0.2, -0.15) is 0 Å². The topological polar surface area (TPSA) is 140 Å². The summed E-state index contributed by atoms with van der Waals surface area (Å²) < 4.78 is 12.3. The van der Waals surface area contributed by atoms with Crippen molar-refractivity contribution < 1.29 is 33.8 Å². The number of rotatable bonds is 8. The van der Waals surface area contributed by atoms with Crippen LogP contribution in [0.25, 0.3) is 11.0 Å². The summed E-state index contributed by atoms with van der Waals surface area (Å²) in [6.07, 6.45) is 0.692. The number of phenolic OH excluding ortho intramolecular Hbond substituents is 2. The zero-order chi connectivity index (χ0) is 26.0. The Balaban J connectivity index is 1.78. The van der Waals surface area contributed by atoms with Crippen molar-refractivity contribution in [3.63, 3.8) is 0 Å². The summed E-state index contributed by atoms with van der Waals surface area (Å²) in [4.78, 5) is 37.3. The van der Waals surface area contributed by atoms with E-state index in [2.05, 4.69) is 0 Å². The van der Waals surface area contributed by atoms with E-state index in [0.717, 1.165) is 0 Å². The SMILES string of the molecule is NC(=O)CCCc1oc2cc(OC(=O)c3ccccc3)c(O)cc2c1C(=O)c1cc(I)c(O)c(I)c1. The monoisotopic (exact) mass is 711 g/mol. The normalized spacial score (nSPS) is 10.9. The first kappa shape index (κ1) is 25.9. The van der Waals surface area contributed by atoms with Crippen LogP contribution in [0.1, 0.15) is 44.9 Å². The number of carbonyl (C=O) groups is 3. The van der Waals surface area contributed by atoms with E-state index in [1.165, 1.54) is 12.1 Å². The maximum Gasteiger partial charge on any atom is 0.343 e. The fourth-order valence-corrected chi connectivity index (χ4v) is 5.44. The van der Waals surface area contributed by atoms with Gasteiger partial charge in [0.25, 0.3) is 0 Å². The quantitative estimate of drug-likeness (QED) is 0.0975. The molecule has 0 aliphatic heterocycles. The van der Waals surface area contributed by atoms with Gasteiger partial charge in [-0.15, -0.1) is 0 Å². The molecule has 0 saturated carbocycles. The molecule has 0 bridgehead atoms. The van der Waals surface area contributed by atoms with Gasteiger partial charge >= 0.3 is 5.97 Å². The second kappa shape index (κ2) is 10.9. The Hall–Kier alpha value is -3.13. The van der Waals surface area contributed by atoms with Crippen molar-refractivity contribution in [3.05, 3.63) is 84.2 Å². The van der Waals surface area contributed by atoms with Gasteiger partial charge in [0.2, 0.25) is 5.91 Å². The van der Waals surface area contributed by atoms with E-state index >= 15 is 0 Å². The molecule has 0 radical (unpaired) electrons. The van der Waals surface area contributed by atoms with Gasteiger partial charge in [-0.25, -0.2) is 4.79 Å². The molecule has 3 aromatic carbocycles. The van der Waals surface area contributed by atoms with Crippen molar-refractivity contribution in [3.8, 4) is 17.2 Å². The molecule has 8 nitrogen and oxygen atoms in total. The number of benzene rings is 3. The van der Waals surface area contributed by atoms with Crippen LogP contribution < -0.4 is 10.5 Å². The predicted octanol–water partition coefficient (Wildman–Crippen LogP) is 5.31. The Labute approximate surface area is 232 Å². The van der Waals surface area contributed by atoms with Crippen LogP contribution in [0.4, 0.5) is 0 Å². The van der Waals surface area contributed by atoms with E-state index < -0.39 is 11.9 Å². The minimum absolute atomic E-state index is 0.0778. The third kappa shape index (κ3) is 5.48. The molecule has 4 N–H and O–H groups in total. The number of ketones is 1. The molecular weight excluding hydrogens is 692 g/mol. The van der Waals surface area contributed by atoms with Crippen molar-refractivity contribution in [1.29, 1.82) is 0 Å². The van der Waals surface area contributed by atoms with Crippen LogP contribution in [0.5, 0.6) is 17.2 Å². The van der Waals surface area contributed by atoms with Gasteiger partial charge in [0, 0.05) is 29.9 Å². The van der Waals surface area contributed by atoms with Gasteiger partial charge < -0.3 is 25.1 Å². The number of phenols is 2. The average molecular weight is 711 g/mol. The number of ether oxygens (including phenoxy) is 1. The molecule has 10 heteroatoms. The van der Waals surface area contributed by atoms with Crippen molar-refractivity contribution in [2.75, 3.05) is 0 Å². The molecule has 0 spiro atoms. The lowest BCUT2D eigenvalue weighted by Crippen LogP contribution is -2.11. The molecule has 184 valence electrons. The number of furan rings is 1. The lowest BCUT2D eigenvalue weighted by atomic mass is 9.98. The van der Waals surface area contributed by atoms with E-state index in [9.17, 15) is 24.6 Å². The first-order valence-electron chi connectivity index (χ1n) is 10.7. The Morgan fingerprint density at radius 1 is 0.944 bits per heavy atom. The molecule has 0 atom stereocenters. The zero-order valence-corrected chi connectivity index (χ0v) is 22.9. The number of aryl methyl sites for hydroxylation is 1. The minimum atomic E-state index is -0.664. The van der Waals surface area contributed by atoms with Crippen molar-refractivity contribution >= 4 is 73.8 Å². The average Bonchev–Trinajstić information content (AvgIpc) is 3.18. The number of primary amides is 1. The van der Waals surface area contributed by atoms with Crippen molar-refractivity contribution in [2.45, 2.75) is 19.3 Å². The van der Waals surface area contributed by atoms with Crippen LogP contribution in [0.15, 0.2) is 59.0 Å². The number of hydrogen-bond donors (Lipinski definition) is 3. The molecule has 0 aliphatic carbocycles. The maximum atomic E-state index is 13.6. The van der Waals surface area contributed by atoms with E-state index in [-0.39, 0.29) is 47.0 Å². The standard InChI is InChI=1S/C26H19I2NO7/c27-16-9-14(10-17(28)25(16)33)24(32)23-15-11-18(30)21(36-26(34)13-5-2-1-3-6-13)12-20(15)35-19(23)7-4-8-22(29)31/h1-3,5-6,9-12,30,33H,4,7-8H2,(H2,29,31). The van der Waals surface area contributed by atoms with Crippen LogP contribution >= 0.6 is 45.2 Å². The number of aromatic hydroxyl groups is 2. The second-order valence-corrected chi connectivity index (χ2v) is 10.2. The number of halogens is 2. The molecule has 36 heavy (non-hydrogen) atoms. The minimum Gasteiger partial charge on any atom is -0.506 e. The fraction of sp³-hybridized carbons (Fsp3) is 0.115. The Morgan fingerprint density at radius 2 is 1.61 bits per heavy atom. The molecule has 4 rings (SSSR count). The molecule has 1 heterocycles. The number of hydrogen-bond acceptors (Lipinski definition) is 7. The number of amides is 1. The first-order valence-corrected chi connectivity index (χ1v) is 12.9. The summed E-state index contributed by atoms with van der Waals surface area (Å²) in [5.74, 6) is -1.61. The third-order valence-corrected chi connectivity index (χ3v) is 7.03. The molecule has 0 fully saturated rings. The smallest absolute Gasteiger partial charge is 0.343 e. The van der Waals surface area contributed by atoms with Gasteiger partial charge in [-0.3, -0.25) is 9.59 Å². The number of esters is 1. The number of nitrogens with two attached hydrogens (primary N) is 1. The zero-order valence-electron chi connectivity index (χ0n) is 18.6. The molecule has 1 aromatic heterocycles. The highest BCUT2D eigenvalue weighted by atomic mass is 127. The van der Waals surface area contributed by atoms with Gasteiger partial charge in [0.1, 0.15) is 17.1 Å². The highest BCUT2D eigenvalue weighted by molar-refractivity contribution is 14.1. The van der Waals surface area contributed by atoms with Crippen molar-refractivity contribution in [1.82, 2.24) is 0 Å². The van der Waals surface area contributed by atoms with Crippen LogP contribution in [-0.2, 0) is 11.2 Å². The summed E-state index contributed by atoms with van der Waals surface area (Å²) in [7, 11) is 0. The van der Waals surface area contributed by atoms with E-state index in [1.807, 2.05) is 45.2 Å². The predicted molar refractivity (Wildman–Crippen MR) is 148 cm³/mol. The summed E-state index contributed by atoms with van der Waals surface area (Å²) in [5, 5.41) is 21.1. The van der Waals surface area contributed by atoms with Crippen molar-refractivity contribution in [2.24, 2.45) is 5.73 Å². The molecule has 4 aromatic rings. The van der Waals surface area contributed by atoms with E-state index in [4.69, 9.17) is 14.9 Å². The van der Waals surface area contributed by atoms with Crippen LogP contribution in [-0.4, -0.2) is 27.9 Å². The summed E-state index contributed by atoms with van der Waals surface area (Å²) in [6.45, 7) is 0. The largest absolute Gasteiger partial charge is 0.506 e. The number of carbonyl (C=O) groups excluding carboxylic acids is 3. The maximum absolute atomic E-state index is 13.6. The Bertz CT molecular complexity index is 1470. The highest BCUT2D eigenvalue weighted by Gasteiger charge is 2.25. The van der Waals surface area contributed by atoms with Gasteiger partial charge in [0.05, 0.1) is 18.3 Å². The molecule has 0 aliphatic rings. The third-order valence-electron chi connectivity index (χ3n) is 5.39. The van der Waals surface area contributed by atoms with Crippen LogP contribution in [0, 0.1) is 7.14 Å². The second-order valence-electron chi connectivity index (χ2n) is 7.91. The van der Waals surface area contributed by atoms with Gasteiger partial charge in [-0.05, 0) is 81.9 Å². The first-order chi connectivity index (χ1) is 17.2. The van der Waals surface area contributed by atoms with Gasteiger partial charge in [0.15, 0.2) is 17.3 Å². The van der Waals surface area contributed by atoms with Gasteiger partial charge in [-0.1, -0.05) is 18.2 Å². The Kier molecular flexibility index (Phi) is 7.83. The Morgan fingerprint density at radius 3 is 2.25 bits per heavy atom. The lowest BCUT2D eigenvalue weighted by Gasteiger charge is -2.08. The molecule has 1 amide bonds. The van der Waals surface area contributed by atoms with E-state index in [0.29, 0.717) is 35.8 Å². The fourth-order valence-electron chi connectivity index (χ4n) is 3.67. The van der Waals surface area contributed by atoms with E-state index in [1.54, 1.807) is 42.5 Å². The highest BCUT2D eigenvalue weighted by Crippen LogP contribution is 2.38. The van der Waals surface area contributed by atoms with Crippen LogP contribution in [0.3, 0.4) is 0 Å². The van der Waals surface area contributed by atoms with Crippen LogP contribution in [0.2, 0.25) is 0 Å².